The highest BCUT2D eigenvalue weighted by Gasteiger charge is 2.24. The summed E-state index contributed by atoms with van der Waals surface area (Å²) in [5, 5.41) is 9.15. The lowest BCUT2D eigenvalue weighted by atomic mass is 9.98. The van der Waals surface area contributed by atoms with Gasteiger partial charge in [0.15, 0.2) is 0 Å². The molecule has 0 amide bonds. The predicted molar refractivity (Wildman–Crippen MR) is 179 cm³/mol. The summed E-state index contributed by atoms with van der Waals surface area (Å²) in [6.07, 6.45) is 4.41. The Balaban J connectivity index is 1.52. The molecule has 41 heavy (non-hydrogen) atoms. The van der Waals surface area contributed by atoms with Crippen molar-refractivity contribution >= 4 is 81.9 Å². The van der Waals surface area contributed by atoms with Crippen molar-refractivity contribution in [3.8, 4) is 16.8 Å². The van der Waals surface area contributed by atoms with Crippen molar-refractivity contribution in [1.82, 2.24) is 9.55 Å². The van der Waals surface area contributed by atoms with E-state index in [1.807, 2.05) is 11.3 Å². The summed E-state index contributed by atoms with van der Waals surface area (Å²) in [5.41, 5.74) is 9.97. The van der Waals surface area contributed by atoms with Crippen LogP contribution in [0.3, 0.4) is 0 Å². The summed E-state index contributed by atoms with van der Waals surface area (Å²) in [4.78, 5) is 5.09. The van der Waals surface area contributed by atoms with E-state index >= 15 is 0 Å². The minimum Gasteiger partial charge on any atom is -0.354 e. The Morgan fingerprint density at radius 2 is 1.54 bits per heavy atom. The van der Waals surface area contributed by atoms with Crippen LogP contribution in [-0.2, 0) is 0 Å². The number of allylic oxidation sites excluding steroid dienone is 1. The quantitative estimate of drug-likeness (QED) is 0.214. The number of H-pyrrole nitrogens is 1. The van der Waals surface area contributed by atoms with Crippen LogP contribution < -0.4 is 0 Å². The number of nitrogens with one attached hydrogen (secondary N) is 1. The van der Waals surface area contributed by atoms with E-state index in [0.717, 1.165) is 0 Å². The molecule has 0 radical (unpaired) electrons. The number of thiophene rings is 1. The van der Waals surface area contributed by atoms with Crippen molar-refractivity contribution in [2.45, 2.75) is 13.8 Å². The van der Waals surface area contributed by atoms with Gasteiger partial charge in [0.1, 0.15) is 0 Å². The first kappa shape index (κ1) is 22.9. The second kappa shape index (κ2) is 8.33. The lowest BCUT2D eigenvalue weighted by Gasteiger charge is -2.11. The molecule has 9 aromatic rings. The molecule has 0 spiro atoms. The summed E-state index contributed by atoms with van der Waals surface area (Å²) in [5.74, 6) is 0. The van der Waals surface area contributed by atoms with E-state index in [4.69, 9.17) is 0 Å². The van der Waals surface area contributed by atoms with E-state index < -0.39 is 0 Å². The number of aryl methyl sites for hydroxylation is 1. The van der Waals surface area contributed by atoms with Gasteiger partial charge in [-0.3, -0.25) is 0 Å². The molecule has 0 atom stereocenters. The predicted octanol–water partition coefficient (Wildman–Crippen LogP) is 11.2. The molecule has 6 aromatic carbocycles. The van der Waals surface area contributed by atoms with Gasteiger partial charge in [0.2, 0.25) is 0 Å². The molecule has 2 nitrogen and oxygen atoms in total. The number of hydrogen-bond acceptors (Lipinski definition) is 1. The molecule has 0 aliphatic heterocycles. The third-order valence-corrected chi connectivity index (χ3v) is 10.0. The van der Waals surface area contributed by atoms with Gasteiger partial charge in [-0.1, -0.05) is 78.9 Å². The number of benzene rings is 6. The Bertz CT molecular complexity index is 2480. The van der Waals surface area contributed by atoms with Gasteiger partial charge in [0.05, 0.1) is 21.3 Å². The molecule has 0 aliphatic carbocycles. The van der Waals surface area contributed by atoms with Crippen LogP contribution in [0.1, 0.15) is 17.4 Å². The van der Waals surface area contributed by atoms with Crippen molar-refractivity contribution in [1.29, 1.82) is 0 Å². The molecule has 0 aliphatic rings. The standard InChI is InChI=1S/C38H26N2S/c1-3-10-33-22(2)29-20-25-17-18-28-35-32(21-30-27-15-7-8-16-31(27)39-36(28)30)40(37(34(25)35)38(29)41-33)26-14-9-13-24(19-26)23-11-5-4-6-12-23/h3-21,39H,1-2H3/b10-3-. The summed E-state index contributed by atoms with van der Waals surface area (Å²) in [6.45, 7) is 4.37. The smallest absolute Gasteiger partial charge is 0.0725 e. The zero-order valence-corrected chi connectivity index (χ0v) is 23.6. The van der Waals surface area contributed by atoms with Crippen molar-refractivity contribution in [3.63, 3.8) is 0 Å². The first-order valence-corrected chi connectivity index (χ1v) is 15.0. The molecular weight excluding hydrogens is 516 g/mol. The Morgan fingerprint density at radius 3 is 2.41 bits per heavy atom. The molecule has 0 saturated heterocycles. The fourth-order valence-corrected chi connectivity index (χ4v) is 8.21. The molecule has 3 aromatic heterocycles. The second-order valence-corrected chi connectivity index (χ2v) is 12.1. The summed E-state index contributed by atoms with van der Waals surface area (Å²) < 4.78 is 3.89. The Morgan fingerprint density at radius 1 is 0.707 bits per heavy atom. The number of hydrogen-bond donors (Lipinski definition) is 1. The number of nitrogens with zero attached hydrogens (tertiary/aromatic N) is 1. The van der Waals surface area contributed by atoms with Crippen LogP contribution in [0.2, 0.25) is 0 Å². The lowest BCUT2D eigenvalue weighted by Crippen LogP contribution is -1.94. The third kappa shape index (κ3) is 3.07. The topological polar surface area (TPSA) is 20.7 Å². The molecule has 194 valence electrons. The summed E-state index contributed by atoms with van der Waals surface area (Å²) in [6, 6.07) is 37.9. The van der Waals surface area contributed by atoms with Gasteiger partial charge in [-0.25, -0.2) is 0 Å². The molecule has 9 rings (SSSR count). The minimum absolute atomic E-state index is 1.18. The molecule has 0 fully saturated rings. The van der Waals surface area contributed by atoms with Gasteiger partial charge in [-0.2, -0.15) is 0 Å². The average Bonchev–Trinajstić information content (AvgIpc) is 3.67. The Hall–Kier alpha value is -4.86. The van der Waals surface area contributed by atoms with Crippen molar-refractivity contribution in [2.24, 2.45) is 0 Å². The van der Waals surface area contributed by atoms with Crippen LogP contribution in [0.15, 0.2) is 109 Å². The highest BCUT2D eigenvalue weighted by molar-refractivity contribution is 7.21. The minimum atomic E-state index is 1.18. The SMILES string of the molecule is C/C=C\c1sc2c(cc3ccc4c5[nH]c6ccccc6c5cc5c4c3c2n5-c2cccc(-c3ccccc3)c2)c1C. The zero-order chi connectivity index (χ0) is 27.2. The normalized spacial score (nSPS) is 12.5. The van der Waals surface area contributed by atoms with Crippen LogP contribution in [-0.4, -0.2) is 9.55 Å². The number of aromatic amines is 1. The number of fused-ring (bicyclic) bond motifs is 6. The van der Waals surface area contributed by atoms with Gasteiger partial charge in [-0.15, -0.1) is 11.3 Å². The zero-order valence-electron chi connectivity index (χ0n) is 22.8. The van der Waals surface area contributed by atoms with E-state index in [1.54, 1.807) is 0 Å². The fraction of sp³-hybridized carbons (Fsp3) is 0.0526. The van der Waals surface area contributed by atoms with Crippen LogP contribution >= 0.6 is 11.3 Å². The maximum atomic E-state index is 3.76. The van der Waals surface area contributed by atoms with Crippen LogP contribution in [0.4, 0.5) is 0 Å². The summed E-state index contributed by atoms with van der Waals surface area (Å²) >= 11 is 1.91. The second-order valence-electron chi connectivity index (χ2n) is 11.0. The molecule has 3 heteroatoms. The maximum absolute atomic E-state index is 3.76. The van der Waals surface area contributed by atoms with E-state index in [1.165, 1.54) is 91.7 Å². The van der Waals surface area contributed by atoms with Gasteiger partial charge in [0.25, 0.3) is 0 Å². The first-order valence-electron chi connectivity index (χ1n) is 14.2. The maximum Gasteiger partial charge on any atom is 0.0725 e. The van der Waals surface area contributed by atoms with E-state index in [2.05, 4.69) is 139 Å². The Labute approximate surface area is 241 Å². The van der Waals surface area contributed by atoms with Crippen LogP contribution in [0.25, 0.3) is 87.4 Å². The van der Waals surface area contributed by atoms with Gasteiger partial charge >= 0.3 is 0 Å². The van der Waals surface area contributed by atoms with Gasteiger partial charge in [0, 0.05) is 43.0 Å². The molecule has 0 bridgehead atoms. The first-order chi connectivity index (χ1) is 20.2. The number of para-hydroxylation sites is 1. The summed E-state index contributed by atoms with van der Waals surface area (Å²) in [7, 11) is 0. The molecule has 0 saturated carbocycles. The molecular formula is C38H26N2S. The monoisotopic (exact) mass is 542 g/mol. The highest BCUT2D eigenvalue weighted by Crippen LogP contribution is 2.48. The van der Waals surface area contributed by atoms with Crippen molar-refractivity contribution in [3.05, 3.63) is 120 Å². The third-order valence-electron chi connectivity index (χ3n) is 8.77. The lowest BCUT2D eigenvalue weighted by molar-refractivity contribution is 1.19. The number of rotatable bonds is 3. The van der Waals surface area contributed by atoms with E-state index in [-0.39, 0.29) is 0 Å². The van der Waals surface area contributed by atoms with Crippen molar-refractivity contribution in [2.75, 3.05) is 0 Å². The van der Waals surface area contributed by atoms with Gasteiger partial charge < -0.3 is 9.55 Å². The van der Waals surface area contributed by atoms with Crippen LogP contribution in [0.5, 0.6) is 0 Å². The van der Waals surface area contributed by atoms with Crippen LogP contribution in [0, 0.1) is 6.92 Å². The van der Waals surface area contributed by atoms with E-state index in [0.29, 0.717) is 0 Å². The Kier molecular flexibility index (Phi) is 4.65. The number of aromatic nitrogens is 2. The van der Waals surface area contributed by atoms with Crippen molar-refractivity contribution < 1.29 is 0 Å². The van der Waals surface area contributed by atoms with Gasteiger partial charge in [-0.05, 0) is 77.7 Å². The molecule has 3 heterocycles. The molecule has 1 N–H and O–H groups in total. The highest BCUT2D eigenvalue weighted by atomic mass is 32.1. The molecule has 0 unspecified atom stereocenters. The fourth-order valence-electron chi connectivity index (χ4n) is 6.91. The van der Waals surface area contributed by atoms with E-state index in [9.17, 15) is 0 Å². The average molecular weight is 543 g/mol. The largest absolute Gasteiger partial charge is 0.354 e.